The highest BCUT2D eigenvalue weighted by molar-refractivity contribution is 5.92. The second kappa shape index (κ2) is 7.77. The molecule has 1 N–H and O–H groups in total. The Kier molecular flexibility index (Phi) is 5.19. The number of hydrogen-bond acceptors (Lipinski definition) is 5. The van der Waals surface area contributed by atoms with Gasteiger partial charge < -0.3 is 14.7 Å². The smallest absolute Gasteiger partial charge is 0.269 e. The van der Waals surface area contributed by atoms with Crippen LogP contribution in [0.1, 0.15) is 64.8 Å². The van der Waals surface area contributed by atoms with E-state index in [9.17, 15) is 9.59 Å². The normalized spacial score (nSPS) is 19.9. The molecule has 0 spiro atoms. The molecule has 1 unspecified atom stereocenters. The van der Waals surface area contributed by atoms with Crippen molar-refractivity contribution in [2.75, 3.05) is 19.6 Å². The van der Waals surface area contributed by atoms with E-state index in [-0.39, 0.29) is 17.7 Å². The molecule has 0 bridgehead atoms. The maximum absolute atomic E-state index is 12.8. The Labute approximate surface area is 164 Å². The summed E-state index contributed by atoms with van der Waals surface area (Å²) in [5.41, 5.74) is 3.45. The lowest BCUT2D eigenvalue weighted by Gasteiger charge is -2.32. The van der Waals surface area contributed by atoms with Crippen molar-refractivity contribution < 1.29 is 14.1 Å². The van der Waals surface area contributed by atoms with Crippen molar-refractivity contribution in [1.29, 1.82) is 0 Å². The number of nitrogens with one attached hydrogen (secondary N) is 1. The molecule has 150 valence electrons. The van der Waals surface area contributed by atoms with Crippen LogP contribution in [0.3, 0.4) is 0 Å². The van der Waals surface area contributed by atoms with Crippen molar-refractivity contribution in [3.8, 4) is 0 Å². The van der Waals surface area contributed by atoms with Crippen molar-refractivity contribution in [3.05, 3.63) is 34.5 Å². The fourth-order valence-corrected chi connectivity index (χ4v) is 4.20. The molecule has 0 radical (unpaired) electrons. The summed E-state index contributed by atoms with van der Waals surface area (Å²) in [5.74, 6) is 1.08. The van der Waals surface area contributed by atoms with E-state index in [0.717, 1.165) is 55.1 Å². The van der Waals surface area contributed by atoms with Gasteiger partial charge in [-0.25, -0.2) is 0 Å². The van der Waals surface area contributed by atoms with Crippen LogP contribution in [0, 0.1) is 13.8 Å². The van der Waals surface area contributed by atoms with Gasteiger partial charge in [0, 0.05) is 44.1 Å². The van der Waals surface area contributed by atoms with E-state index in [2.05, 4.69) is 15.6 Å². The Morgan fingerprint density at radius 1 is 1.32 bits per heavy atom. The van der Waals surface area contributed by atoms with Gasteiger partial charge in [-0.2, -0.15) is 5.10 Å². The zero-order valence-corrected chi connectivity index (χ0v) is 16.5. The van der Waals surface area contributed by atoms with Crippen LogP contribution in [-0.4, -0.2) is 51.3 Å². The molecule has 8 heteroatoms. The van der Waals surface area contributed by atoms with Crippen molar-refractivity contribution in [1.82, 2.24) is 25.2 Å². The minimum Gasteiger partial charge on any atom is -0.361 e. The molecule has 2 amide bonds. The first-order valence-corrected chi connectivity index (χ1v) is 10.1. The monoisotopic (exact) mass is 385 g/mol. The fourth-order valence-electron chi connectivity index (χ4n) is 4.20. The Bertz CT molecular complexity index is 865. The van der Waals surface area contributed by atoms with Crippen LogP contribution in [0.25, 0.3) is 0 Å². The van der Waals surface area contributed by atoms with Crippen molar-refractivity contribution in [3.63, 3.8) is 0 Å². The number of hydrogen-bond donors (Lipinski definition) is 1. The minimum atomic E-state index is -0.0561. The third kappa shape index (κ3) is 3.68. The van der Waals surface area contributed by atoms with Gasteiger partial charge in [0.05, 0.1) is 11.4 Å². The van der Waals surface area contributed by atoms with Crippen LogP contribution in [0.4, 0.5) is 0 Å². The van der Waals surface area contributed by atoms with E-state index < -0.39 is 0 Å². The standard InChI is InChI=1S/C20H27N5O3/c1-13-16(14(2)28-23-13)6-7-19(26)24-9-3-5-15(12-24)17-11-18-20(27)21-8-4-10-25(18)22-17/h11,15H,3-10,12H2,1-2H3,(H,21,27). The van der Waals surface area contributed by atoms with Gasteiger partial charge >= 0.3 is 0 Å². The maximum atomic E-state index is 12.8. The molecule has 4 rings (SSSR count). The predicted octanol–water partition coefficient (Wildman–Crippen LogP) is 1.96. The summed E-state index contributed by atoms with van der Waals surface area (Å²) in [6, 6.07) is 1.91. The summed E-state index contributed by atoms with van der Waals surface area (Å²) in [6.45, 7) is 6.68. The second-order valence-electron chi connectivity index (χ2n) is 7.77. The van der Waals surface area contributed by atoms with Gasteiger partial charge in [-0.05, 0) is 45.6 Å². The first-order valence-electron chi connectivity index (χ1n) is 10.1. The Morgan fingerprint density at radius 3 is 2.96 bits per heavy atom. The highest BCUT2D eigenvalue weighted by Gasteiger charge is 2.28. The largest absolute Gasteiger partial charge is 0.361 e. The lowest BCUT2D eigenvalue weighted by Crippen LogP contribution is -2.39. The lowest BCUT2D eigenvalue weighted by atomic mass is 9.94. The van der Waals surface area contributed by atoms with Gasteiger partial charge in [0.15, 0.2) is 0 Å². The molecular formula is C20H27N5O3. The maximum Gasteiger partial charge on any atom is 0.269 e. The van der Waals surface area contributed by atoms with E-state index in [0.29, 0.717) is 31.6 Å². The predicted molar refractivity (Wildman–Crippen MR) is 102 cm³/mol. The Hall–Kier alpha value is -2.64. The molecule has 2 aromatic rings. The number of rotatable bonds is 4. The number of carbonyl (C=O) groups is 2. The summed E-state index contributed by atoms with van der Waals surface area (Å²) in [7, 11) is 0. The van der Waals surface area contributed by atoms with Crippen molar-refractivity contribution in [2.45, 2.75) is 58.4 Å². The molecule has 28 heavy (non-hydrogen) atoms. The number of aryl methyl sites for hydroxylation is 3. The highest BCUT2D eigenvalue weighted by atomic mass is 16.5. The third-order valence-corrected chi connectivity index (χ3v) is 5.83. The summed E-state index contributed by atoms with van der Waals surface area (Å²) in [5, 5.41) is 11.6. The number of likely N-dealkylation sites (tertiary alicyclic amines) is 1. The number of fused-ring (bicyclic) bond motifs is 1. The van der Waals surface area contributed by atoms with E-state index in [1.165, 1.54) is 0 Å². The zero-order valence-electron chi connectivity index (χ0n) is 16.5. The van der Waals surface area contributed by atoms with E-state index in [1.807, 2.05) is 29.5 Å². The van der Waals surface area contributed by atoms with Crippen LogP contribution in [-0.2, 0) is 17.8 Å². The van der Waals surface area contributed by atoms with Crippen LogP contribution in [0.5, 0.6) is 0 Å². The van der Waals surface area contributed by atoms with E-state index >= 15 is 0 Å². The highest BCUT2D eigenvalue weighted by Crippen LogP contribution is 2.28. The molecule has 1 atom stereocenters. The minimum absolute atomic E-state index is 0.0561. The number of piperidine rings is 1. The van der Waals surface area contributed by atoms with Crippen molar-refractivity contribution >= 4 is 11.8 Å². The SMILES string of the molecule is Cc1noc(C)c1CCC(=O)N1CCCC(c2cc3n(n2)CCCNC3=O)C1. The average Bonchev–Trinajstić information content (AvgIpc) is 3.22. The van der Waals surface area contributed by atoms with Crippen LogP contribution in [0.15, 0.2) is 10.6 Å². The van der Waals surface area contributed by atoms with E-state index in [1.54, 1.807) is 0 Å². The number of carbonyl (C=O) groups excluding carboxylic acids is 2. The topological polar surface area (TPSA) is 93.3 Å². The zero-order chi connectivity index (χ0) is 19.7. The van der Waals surface area contributed by atoms with Gasteiger partial charge in [0.2, 0.25) is 5.91 Å². The Balaban J connectivity index is 1.41. The molecule has 0 saturated carbocycles. The molecule has 4 heterocycles. The van der Waals surface area contributed by atoms with Gasteiger partial charge in [0.1, 0.15) is 11.5 Å². The molecule has 0 aliphatic carbocycles. The number of nitrogens with zero attached hydrogens (tertiary/aromatic N) is 4. The first-order chi connectivity index (χ1) is 13.5. The lowest BCUT2D eigenvalue weighted by molar-refractivity contribution is -0.132. The summed E-state index contributed by atoms with van der Waals surface area (Å²) >= 11 is 0. The molecule has 2 aliphatic rings. The summed E-state index contributed by atoms with van der Waals surface area (Å²) in [4.78, 5) is 26.9. The second-order valence-corrected chi connectivity index (χ2v) is 7.77. The molecule has 1 fully saturated rings. The number of amides is 2. The van der Waals surface area contributed by atoms with E-state index in [4.69, 9.17) is 4.52 Å². The third-order valence-electron chi connectivity index (χ3n) is 5.83. The van der Waals surface area contributed by atoms with Gasteiger partial charge in [0.25, 0.3) is 5.91 Å². The average molecular weight is 385 g/mol. The first kappa shape index (κ1) is 18.7. The van der Waals surface area contributed by atoms with Crippen LogP contribution < -0.4 is 5.32 Å². The van der Waals surface area contributed by atoms with Crippen LogP contribution >= 0.6 is 0 Å². The molecule has 1 saturated heterocycles. The molecular weight excluding hydrogens is 358 g/mol. The number of aromatic nitrogens is 3. The quantitative estimate of drug-likeness (QED) is 0.868. The van der Waals surface area contributed by atoms with Gasteiger partial charge in [-0.3, -0.25) is 14.3 Å². The molecule has 0 aromatic carbocycles. The van der Waals surface area contributed by atoms with Gasteiger partial charge in [-0.1, -0.05) is 5.16 Å². The summed E-state index contributed by atoms with van der Waals surface area (Å²) in [6.07, 6.45) is 3.94. The van der Waals surface area contributed by atoms with Gasteiger partial charge in [-0.15, -0.1) is 0 Å². The molecule has 2 aromatic heterocycles. The Morgan fingerprint density at radius 2 is 2.18 bits per heavy atom. The fraction of sp³-hybridized carbons (Fsp3) is 0.600. The summed E-state index contributed by atoms with van der Waals surface area (Å²) < 4.78 is 7.00. The molecule has 8 nitrogen and oxygen atoms in total. The van der Waals surface area contributed by atoms with Crippen molar-refractivity contribution in [2.24, 2.45) is 0 Å². The van der Waals surface area contributed by atoms with Crippen LogP contribution in [0.2, 0.25) is 0 Å². The molecule has 2 aliphatic heterocycles.